The van der Waals surface area contributed by atoms with E-state index in [4.69, 9.17) is 28.4 Å². The van der Waals surface area contributed by atoms with Crippen LogP contribution in [0.2, 0.25) is 0 Å². The molecular formula is C36H44N2O12S. The van der Waals surface area contributed by atoms with Gasteiger partial charge in [-0.25, -0.2) is 0 Å². The average molecular weight is 729 g/mol. The average Bonchev–Trinajstić information content (AvgIpc) is 3.50. The van der Waals surface area contributed by atoms with E-state index in [0.29, 0.717) is 19.6 Å². The number of nitrogens with one attached hydrogen (secondary N) is 1. The van der Waals surface area contributed by atoms with Crippen molar-refractivity contribution in [3.8, 4) is 17.2 Å². The van der Waals surface area contributed by atoms with Gasteiger partial charge in [-0.3, -0.25) is 19.3 Å². The SMILES string of the molecule is COc1cccc2c1C(=O)c1c(O)c3c(c(O)c1C2=O)C[C@@](O)(C(=O)NCC(C)(C)SC)C[C@@H]3O[C@H]1C[C@H]2[C@H](O[C@@H]3[C@@H](OC)OCCN32)[C@H](C)O1. The Kier molecular flexibility index (Phi) is 9.41. The molecule has 276 valence electrons. The van der Waals surface area contributed by atoms with Crippen molar-refractivity contribution in [2.24, 2.45) is 0 Å². The van der Waals surface area contributed by atoms with Crippen LogP contribution in [0.5, 0.6) is 17.2 Å². The summed E-state index contributed by atoms with van der Waals surface area (Å²) in [6.07, 6.45) is -2.54. The van der Waals surface area contributed by atoms with Gasteiger partial charge in [-0.05, 0) is 33.1 Å². The van der Waals surface area contributed by atoms with Gasteiger partial charge in [-0.1, -0.05) is 12.1 Å². The van der Waals surface area contributed by atoms with Crippen LogP contribution in [0.3, 0.4) is 0 Å². The van der Waals surface area contributed by atoms with Crippen LogP contribution < -0.4 is 10.1 Å². The van der Waals surface area contributed by atoms with Crippen molar-refractivity contribution in [3.63, 3.8) is 0 Å². The normalized spacial score (nSPS) is 31.6. The van der Waals surface area contributed by atoms with Gasteiger partial charge < -0.3 is 49.1 Å². The number of rotatable bonds is 8. The molecule has 51 heavy (non-hydrogen) atoms. The molecule has 3 saturated heterocycles. The molecule has 0 saturated carbocycles. The number of aromatic hydroxyl groups is 2. The second-order valence-electron chi connectivity index (χ2n) is 14.3. The molecule has 0 aromatic heterocycles. The smallest absolute Gasteiger partial charge is 0.252 e. The molecule has 2 aliphatic carbocycles. The van der Waals surface area contributed by atoms with Crippen molar-refractivity contribution in [2.75, 3.05) is 40.2 Å². The molecule has 2 aromatic rings. The summed E-state index contributed by atoms with van der Waals surface area (Å²) in [6, 6.07) is 4.36. The van der Waals surface area contributed by atoms with Crippen LogP contribution in [0.1, 0.15) is 82.7 Å². The van der Waals surface area contributed by atoms with Crippen molar-refractivity contribution in [2.45, 2.75) is 93.5 Å². The third kappa shape index (κ3) is 5.91. The highest BCUT2D eigenvalue weighted by Gasteiger charge is 2.55. The quantitative estimate of drug-likeness (QED) is 0.248. The number of methoxy groups -OCH3 is 2. The van der Waals surface area contributed by atoms with Crippen LogP contribution >= 0.6 is 11.8 Å². The van der Waals surface area contributed by atoms with Crippen molar-refractivity contribution in [1.82, 2.24) is 10.2 Å². The molecule has 7 rings (SSSR count). The number of nitrogens with zero attached hydrogens (tertiary/aromatic N) is 1. The number of aliphatic hydroxyl groups is 1. The molecule has 8 atom stereocenters. The number of amides is 1. The van der Waals surface area contributed by atoms with Crippen molar-refractivity contribution in [3.05, 3.63) is 51.6 Å². The van der Waals surface area contributed by atoms with E-state index >= 15 is 0 Å². The zero-order chi connectivity index (χ0) is 36.6. The molecular weight excluding hydrogens is 684 g/mol. The zero-order valence-corrected chi connectivity index (χ0v) is 30.2. The summed E-state index contributed by atoms with van der Waals surface area (Å²) in [4.78, 5) is 43.9. The minimum absolute atomic E-state index is 0.00240. The first-order valence-corrected chi connectivity index (χ1v) is 18.3. The minimum atomic E-state index is -2.13. The topological polar surface area (TPSA) is 183 Å². The predicted molar refractivity (Wildman–Crippen MR) is 182 cm³/mol. The third-order valence-corrected chi connectivity index (χ3v) is 12.1. The van der Waals surface area contributed by atoms with E-state index in [-0.39, 0.29) is 57.9 Å². The van der Waals surface area contributed by atoms with Gasteiger partial charge in [0.2, 0.25) is 5.78 Å². The summed E-state index contributed by atoms with van der Waals surface area (Å²) in [7, 11) is 2.92. The lowest BCUT2D eigenvalue weighted by molar-refractivity contribution is -0.256. The van der Waals surface area contributed by atoms with E-state index in [1.165, 1.54) is 19.2 Å². The number of ketones is 2. The number of ether oxygens (including phenoxy) is 6. The van der Waals surface area contributed by atoms with Gasteiger partial charge in [-0.2, -0.15) is 11.8 Å². The molecule has 1 amide bonds. The molecule has 3 heterocycles. The second-order valence-corrected chi connectivity index (χ2v) is 15.9. The largest absolute Gasteiger partial charge is 0.507 e. The fraction of sp³-hybridized carbons (Fsp3) is 0.583. The molecule has 0 radical (unpaired) electrons. The molecule has 0 spiro atoms. The predicted octanol–water partition coefficient (Wildman–Crippen LogP) is 2.41. The Morgan fingerprint density at radius 2 is 1.86 bits per heavy atom. The van der Waals surface area contributed by atoms with Gasteiger partial charge in [0.15, 0.2) is 24.6 Å². The number of phenolic OH excluding ortho intramolecular Hbond substituents is 2. The molecule has 3 fully saturated rings. The molecule has 0 bridgehead atoms. The Morgan fingerprint density at radius 1 is 1.12 bits per heavy atom. The van der Waals surface area contributed by atoms with Gasteiger partial charge in [-0.15, -0.1) is 0 Å². The highest BCUT2D eigenvalue weighted by molar-refractivity contribution is 7.99. The van der Waals surface area contributed by atoms with E-state index in [1.54, 1.807) is 24.9 Å². The van der Waals surface area contributed by atoms with Gasteiger partial charge in [0.25, 0.3) is 5.91 Å². The number of carbonyl (C=O) groups is 3. The monoisotopic (exact) mass is 728 g/mol. The Labute approximate surface area is 299 Å². The number of thioether (sulfide) groups is 1. The summed E-state index contributed by atoms with van der Waals surface area (Å²) in [6.45, 7) is 7.01. The lowest BCUT2D eigenvalue weighted by Gasteiger charge is -2.43. The van der Waals surface area contributed by atoms with Gasteiger partial charge in [0.1, 0.15) is 29.0 Å². The number of morpholine rings is 1. The van der Waals surface area contributed by atoms with Gasteiger partial charge in [0.05, 0.1) is 42.6 Å². The van der Waals surface area contributed by atoms with E-state index < -0.39 is 83.1 Å². The summed E-state index contributed by atoms with van der Waals surface area (Å²) < 4.78 is 35.5. The van der Waals surface area contributed by atoms with Gasteiger partial charge >= 0.3 is 0 Å². The number of fused-ring (bicyclic) bond motifs is 6. The summed E-state index contributed by atoms with van der Waals surface area (Å²) in [5.74, 6) is -3.19. The first-order chi connectivity index (χ1) is 24.2. The summed E-state index contributed by atoms with van der Waals surface area (Å²) in [5.41, 5.74) is -3.07. The Hall–Kier alpha value is -3.28. The molecule has 2 aromatic carbocycles. The van der Waals surface area contributed by atoms with Crippen LogP contribution in [0, 0.1) is 0 Å². The fourth-order valence-electron chi connectivity index (χ4n) is 8.03. The maximum Gasteiger partial charge on any atom is 0.252 e. The maximum atomic E-state index is 14.1. The third-order valence-electron chi connectivity index (χ3n) is 10.8. The summed E-state index contributed by atoms with van der Waals surface area (Å²) in [5, 5.41) is 38.7. The highest BCUT2D eigenvalue weighted by Crippen LogP contribution is 2.53. The Bertz CT molecular complexity index is 1770. The van der Waals surface area contributed by atoms with Crippen LogP contribution in [0.15, 0.2) is 18.2 Å². The van der Waals surface area contributed by atoms with E-state index in [0.717, 1.165) is 0 Å². The van der Waals surface area contributed by atoms with E-state index in [2.05, 4.69) is 10.2 Å². The van der Waals surface area contributed by atoms with Crippen molar-refractivity contribution >= 4 is 29.2 Å². The standard InChI is InChI=1S/C36H44N2O12S/c1-16-31-19(38-10-11-47-33(46-5)32(38)50-31)12-22(48-16)49-21-14-36(44,34(43)37-15-35(2,3)51-6)13-18-24(21)30(42)26-25(28(18)40)27(39)17-8-7-9-20(45-4)23(17)29(26)41/h7-9,16,19,21-22,31-33,40,42,44H,10-15H2,1-6H3,(H,37,43)/t16-,19-,21-,22-,31+,32+,33-,36-/m0/s1. The lowest BCUT2D eigenvalue weighted by atomic mass is 9.72. The molecule has 3 aliphatic heterocycles. The second kappa shape index (κ2) is 13.3. The molecule has 14 nitrogen and oxygen atoms in total. The van der Waals surface area contributed by atoms with Crippen LogP contribution in [-0.2, 0) is 34.9 Å². The fourth-order valence-corrected chi connectivity index (χ4v) is 8.25. The van der Waals surface area contributed by atoms with Crippen molar-refractivity contribution < 1.29 is 58.1 Å². The molecule has 4 N–H and O–H groups in total. The summed E-state index contributed by atoms with van der Waals surface area (Å²) >= 11 is 1.54. The van der Waals surface area contributed by atoms with Crippen LogP contribution in [0.4, 0.5) is 0 Å². The molecule has 15 heteroatoms. The van der Waals surface area contributed by atoms with E-state index in [9.17, 15) is 29.7 Å². The maximum absolute atomic E-state index is 14.1. The minimum Gasteiger partial charge on any atom is -0.507 e. The van der Waals surface area contributed by atoms with Crippen LogP contribution in [0.25, 0.3) is 0 Å². The van der Waals surface area contributed by atoms with Crippen molar-refractivity contribution in [1.29, 1.82) is 0 Å². The Morgan fingerprint density at radius 3 is 2.57 bits per heavy atom. The number of benzene rings is 2. The Balaban J connectivity index is 1.29. The number of phenols is 2. The zero-order valence-electron chi connectivity index (χ0n) is 29.4. The first-order valence-electron chi connectivity index (χ1n) is 17.0. The lowest BCUT2D eigenvalue weighted by Crippen LogP contribution is -2.56. The van der Waals surface area contributed by atoms with Crippen LogP contribution in [-0.4, -0.2) is 125 Å². The number of hydrogen-bond donors (Lipinski definition) is 4. The van der Waals surface area contributed by atoms with Gasteiger partial charge in [0, 0.05) is 66.9 Å². The highest BCUT2D eigenvalue weighted by atomic mass is 32.2. The number of carbonyl (C=O) groups excluding carboxylic acids is 3. The molecule has 0 unspecified atom stereocenters. The first kappa shape index (κ1) is 36.1. The molecule has 5 aliphatic rings. The van der Waals surface area contributed by atoms with E-state index in [1.807, 2.05) is 27.0 Å². The number of hydrogen-bond acceptors (Lipinski definition) is 14.